The van der Waals surface area contributed by atoms with E-state index >= 15 is 0 Å². The molecule has 3 atom stereocenters. The highest BCUT2D eigenvalue weighted by atomic mass is 32.1. The third-order valence-electron chi connectivity index (χ3n) is 4.99. The van der Waals surface area contributed by atoms with Crippen molar-refractivity contribution in [3.05, 3.63) is 29.8 Å². The maximum Gasteiger partial charge on any atom is 0.169 e. The Hall–Kier alpha value is -1.29. The Morgan fingerprint density at radius 3 is 2.81 bits per heavy atom. The van der Waals surface area contributed by atoms with Crippen molar-refractivity contribution >= 4 is 17.3 Å². The third kappa shape index (κ3) is 3.15. The minimum Gasteiger partial charge on any atom is -0.496 e. The van der Waals surface area contributed by atoms with Gasteiger partial charge in [-0.1, -0.05) is 24.6 Å². The minimum atomic E-state index is 0.594. The van der Waals surface area contributed by atoms with Crippen molar-refractivity contribution in [1.29, 1.82) is 0 Å². The first-order valence-corrected chi connectivity index (χ1v) is 8.21. The van der Waals surface area contributed by atoms with E-state index in [-0.39, 0.29) is 0 Å². The zero-order valence-electron chi connectivity index (χ0n) is 12.8. The predicted molar refractivity (Wildman–Crippen MR) is 89.4 cm³/mol. The average Bonchev–Trinajstić information content (AvgIpc) is 3.10. The largest absolute Gasteiger partial charge is 0.496 e. The van der Waals surface area contributed by atoms with Crippen LogP contribution in [0.1, 0.15) is 31.2 Å². The fraction of sp³-hybridized carbons (Fsp3) is 0.588. The highest BCUT2D eigenvalue weighted by molar-refractivity contribution is 7.80. The van der Waals surface area contributed by atoms with Crippen LogP contribution in [0.5, 0.6) is 5.75 Å². The van der Waals surface area contributed by atoms with E-state index in [1.807, 2.05) is 18.2 Å². The lowest BCUT2D eigenvalue weighted by Crippen LogP contribution is -2.44. The second-order valence-electron chi connectivity index (χ2n) is 6.40. The van der Waals surface area contributed by atoms with Crippen LogP contribution < -0.4 is 10.1 Å². The van der Waals surface area contributed by atoms with Crippen molar-refractivity contribution in [2.75, 3.05) is 14.2 Å². The Bertz CT molecular complexity index is 519. The predicted octanol–water partition coefficient (Wildman–Crippen LogP) is 3.19. The molecule has 1 aromatic rings. The molecule has 3 rings (SSSR count). The highest BCUT2D eigenvalue weighted by Crippen LogP contribution is 2.44. The number of thiocarbonyl (C=S) groups is 1. The summed E-state index contributed by atoms with van der Waals surface area (Å²) in [6.45, 7) is 0.774. The molecule has 0 unspecified atom stereocenters. The monoisotopic (exact) mass is 304 g/mol. The van der Waals surface area contributed by atoms with Crippen LogP contribution in [-0.4, -0.2) is 30.2 Å². The molecule has 4 heteroatoms. The Kier molecular flexibility index (Phi) is 4.34. The summed E-state index contributed by atoms with van der Waals surface area (Å²) in [5.41, 5.74) is 1.17. The topological polar surface area (TPSA) is 24.5 Å². The second-order valence-corrected chi connectivity index (χ2v) is 6.79. The summed E-state index contributed by atoms with van der Waals surface area (Å²) in [6.07, 6.45) is 5.50. The van der Waals surface area contributed by atoms with Gasteiger partial charge in [-0.3, -0.25) is 0 Å². The summed E-state index contributed by atoms with van der Waals surface area (Å²) in [4.78, 5) is 2.11. The van der Waals surface area contributed by atoms with Crippen LogP contribution in [0.15, 0.2) is 24.3 Å². The molecule has 0 amide bonds. The molecular formula is C17H24N2OS. The molecule has 21 heavy (non-hydrogen) atoms. The fourth-order valence-corrected chi connectivity index (χ4v) is 4.07. The van der Waals surface area contributed by atoms with Crippen LogP contribution in [0.2, 0.25) is 0 Å². The molecule has 2 aliphatic carbocycles. The number of para-hydroxylation sites is 1. The smallest absolute Gasteiger partial charge is 0.169 e. The van der Waals surface area contributed by atoms with Gasteiger partial charge in [0.05, 0.1) is 7.11 Å². The molecule has 0 saturated heterocycles. The van der Waals surface area contributed by atoms with Gasteiger partial charge in [0, 0.05) is 25.2 Å². The standard InChI is InChI=1S/C17H24N2OS/c1-19(11-14-5-3-4-6-16(14)20-2)17(21)18-15-10-12-7-8-13(15)9-12/h3-6,12-13,15H,7-11H2,1-2H3,(H,18,21)/t12-,13+,15-/m0/s1. The number of fused-ring (bicyclic) bond motifs is 2. The van der Waals surface area contributed by atoms with Crippen molar-refractivity contribution in [3.63, 3.8) is 0 Å². The number of rotatable bonds is 4. The molecule has 0 radical (unpaired) electrons. The zero-order chi connectivity index (χ0) is 14.8. The summed E-state index contributed by atoms with van der Waals surface area (Å²) in [5.74, 6) is 2.70. The Morgan fingerprint density at radius 2 is 2.14 bits per heavy atom. The van der Waals surface area contributed by atoms with Crippen molar-refractivity contribution in [1.82, 2.24) is 10.2 Å². The highest BCUT2D eigenvalue weighted by Gasteiger charge is 2.39. The minimum absolute atomic E-state index is 0.594. The lowest BCUT2D eigenvalue weighted by atomic mass is 9.95. The first kappa shape index (κ1) is 14.6. The molecule has 0 spiro atoms. The zero-order valence-corrected chi connectivity index (χ0v) is 13.7. The number of nitrogens with one attached hydrogen (secondary N) is 1. The number of hydrogen-bond acceptors (Lipinski definition) is 2. The summed E-state index contributed by atoms with van der Waals surface area (Å²) in [5, 5.41) is 4.44. The van der Waals surface area contributed by atoms with Crippen LogP contribution in [0.3, 0.4) is 0 Å². The van der Waals surface area contributed by atoms with Gasteiger partial charge in [-0.05, 0) is 49.4 Å². The van der Waals surface area contributed by atoms with Gasteiger partial charge < -0.3 is 15.0 Å². The van der Waals surface area contributed by atoms with E-state index in [4.69, 9.17) is 17.0 Å². The maximum atomic E-state index is 5.58. The molecule has 1 N–H and O–H groups in total. The van der Waals surface area contributed by atoms with Gasteiger partial charge in [0.1, 0.15) is 5.75 Å². The van der Waals surface area contributed by atoms with Gasteiger partial charge >= 0.3 is 0 Å². The number of methoxy groups -OCH3 is 1. The van der Waals surface area contributed by atoms with Gasteiger partial charge in [-0.15, -0.1) is 0 Å². The van der Waals surface area contributed by atoms with E-state index in [9.17, 15) is 0 Å². The van der Waals surface area contributed by atoms with Crippen LogP contribution >= 0.6 is 12.2 Å². The molecule has 0 heterocycles. The SMILES string of the molecule is COc1ccccc1CN(C)C(=S)N[C@H]1C[C@H]2CC[C@@H]1C2. The molecular weight excluding hydrogens is 280 g/mol. The van der Waals surface area contributed by atoms with E-state index in [0.29, 0.717) is 6.04 Å². The van der Waals surface area contributed by atoms with Crippen LogP contribution in [-0.2, 0) is 6.54 Å². The Labute approximate surface area is 132 Å². The maximum absolute atomic E-state index is 5.58. The molecule has 2 aliphatic rings. The lowest BCUT2D eigenvalue weighted by molar-refractivity contribution is 0.368. The number of nitrogens with zero attached hydrogens (tertiary/aromatic N) is 1. The number of benzene rings is 1. The van der Waals surface area contributed by atoms with E-state index in [2.05, 4.69) is 23.3 Å². The van der Waals surface area contributed by atoms with Gasteiger partial charge in [-0.25, -0.2) is 0 Å². The molecule has 3 nitrogen and oxygen atoms in total. The lowest BCUT2D eigenvalue weighted by Gasteiger charge is -2.29. The summed E-state index contributed by atoms with van der Waals surface area (Å²) < 4.78 is 5.41. The molecule has 1 aromatic carbocycles. The summed E-state index contributed by atoms with van der Waals surface area (Å²) in [6, 6.07) is 8.72. The van der Waals surface area contributed by atoms with Gasteiger partial charge in [0.2, 0.25) is 0 Å². The van der Waals surface area contributed by atoms with Gasteiger partial charge in [-0.2, -0.15) is 0 Å². The summed E-state index contributed by atoms with van der Waals surface area (Å²) in [7, 11) is 3.76. The number of ether oxygens (including phenoxy) is 1. The molecule has 0 aromatic heterocycles. The van der Waals surface area contributed by atoms with Crippen LogP contribution in [0.4, 0.5) is 0 Å². The number of hydrogen-bond donors (Lipinski definition) is 1. The van der Waals surface area contributed by atoms with E-state index in [1.54, 1.807) is 7.11 Å². The van der Waals surface area contributed by atoms with Crippen LogP contribution in [0.25, 0.3) is 0 Å². The average molecular weight is 304 g/mol. The summed E-state index contributed by atoms with van der Waals surface area (Å²) >= 11 is 5.58. The van der Waals surface area contributed by atoms with Crippen LogP contribution in [0, 0.1) is 11.8 Å². The molecule has 2 bridgehead atoms. The normalized spacial score (nSPS) is 26.7. The first-order valence-electron chi connectivity index (χ1n) is 7.81. The van der Waals surface area contributed by atoms with E-state index < -0.39 is 0 Å². The van der Waals surface area contributed by atoms with E-state index in [1.165, 1.54) is 31.2 Å². The van der Waals surface area contributed by atoms with Gasteiger partial charge in [0.15, 0.2) is 5.11 Å². The Morgan fingerprint density at radius 1 is 1.33 bits per heavy atom. The molecule has 0 aliphatic heterocycles. The first-order chi connectivity index (χ1) is 10.2. The fourth-order valence-electron chi connectivity index (χ4n) is 3.85. The van der Waals surface area contributed by atoms with Crippen molar-refractivity contribution in [3.8, 4) is 5.75 Å². The van der Waals surface area contributed by atoms with Crippen molar-refractivity contribution < 1.29 is 4.74 Å². The quantitative estimate of drug-likeness (QED) is 0.864. The van der Waals surface area contributed by atoms with E-state index in [0.717, 1.165) is 29.2 Å². The molecule has 2 saturated carbocycles. The molecule has 2 fully saturated rings. The van der Waals surface area contributed by atoms with Gasteiger partial charge in [0.25, 0.3) is 0 Å². The third-order valence-corrected chi connectivity index (χ3v) is 5.42. The van der Waals surface area contributed by atoms with Crippen molar-refractivity contribution in [2.24, 2.45) is 11.8 Å². The van der Waals surface area contributed by atoms with Crippen molar-refractivity contribution in [2.45, 2.75) is 38.3 Å². The Balaban J connectivity index is 1.57. The molecule has 114 valence electrons. The second kappa shape index (κ2) is 6.22.